The van der Waals surface area contributed by atoms with Gasteiger partial charge in [-0.2, -0.15) is 0 Å². The average molecular weight is 226 g/mol. The van der Waals surface area contributed by atoms with Crippen LogP contribution in [0.15, 0.2) is 24.3 Å². The first-order valence-electron chi connectivity index (χ1n) is 4.29. The summed E-state index contributed by atoms with van der Waals surface area (Å²) in [5.74, 6) is 0. The van der Waals surface area contributed by atoms with Crippen molar-refractivity contribution in [1.82, 2.24) is 4.90 Å². The number of benzene rings is 1. The van der Waals surface area contributed by atoms with Crippen LogP contribution in [0.4, 0.5) is 0 Å². The van der Waals surface area contributed by atoms with Crippen LogP contribution in [0.2, 0.25) is 0 Å². The van der Waals surface area contributed by atoms with Crippen LogP contribution in [0.5, 0.6) is 0 Å². The summed E-state index contributed by atoms with van der Waals surface area (Å²) in [6, 6.07) is 8.62. The molecule has 1 aromatic rings. The number of alkyl halides is 1. The van der Waals surface area contributed by atoms with Crippen molar-refractivity contribution < 1.29 is 0 Å². The minimum absolute atomic E-state index is 0.429. The first-order valence-corrected chi connectivity index (χ1v) is 5.20. The van der Waals surface area contributed by atoms with Gasteiger partial charge in [0.25, 0.3) is 0 Å². The van der Waals surface area contributed by atoms with Gasteiger partial charge in [0.1, 0.15) is 0 Å². The zero-order valence-electron chi connectivity index (χ0n) is 7.13. The largest absolute Gasteiger partial charge is 0.283 e. The fraction of sp³-hybridized carbons (Fsp3) is 0.400. The fourth-order valence-electron chi connectivity index (χ4n) is 1.68. The Labute approximate surface area is 81.5 Å². The lowest BCUT2D eigenvalue weighted by molar-refractivity contribution is 0.297. The molecule has 1 nitrogen and oxygen atoms in total. The first kappa shape index (κ1) is 8.27. The third kappa shape index (κ3) is 1.19. The molecule has 64 valence electrons. The van der Waals surface area contributed by atoms with Crippen LogP contribution in [0.1, 0.15) is 23.0 Å². The van der Waals surface area contributed by atoms with Gasteiger partial charge in [-0.1, -0.05) is 47.1 Å². The number of nitrogens with zero attached hydrogens (tertiary/aromatic N) is 1. The van der Waals surface area contributed by atoms with Gasteiger partial charge in [-0.05, 0) is 17.7 Å². The molecule has 0 bridgehead atoms. The monoisotopic (exact) mass is 225 g/mol. The number of hydrogen-bond donors (Lipinski definition) is 0. The van der Waals surface area contributed by atoms with E-state index >= 15 is 0 Å². The van der Waals surface area contributed by atoms with E-state index in [0.717, 1.165) is 13.1 Å². The second-order valence-corrected chi connectivity index (χ2v) is 3.97. The summed E-state index contributed by atoms with van der Waals surface area (Å²) in [6.07, 6.45) is 0. The van der Waals surface area contributed by atoms with Gasteiger partial charge in [0.2, 0.25) is 0 Å². The lowest BCUT2D eigenvalue weighted by Crippen LogP contribution is -2.17. The third-order valence-corrected chi connectivity index (χ3v) is 3.48. The van der Waals surface area contributed by atoms with Crippen LogP contribution in [0, 0.1) is 0 Å². The lowest BCUT2D eigenvalue weighted by Gasteiger charge is -2.16. The van der Waals surface area contributed by atoms with E-state index in [1.165, 1.54) is 11.1 Å². The molecule has 0 N–H and O–H groups in total. The van der Waals surface area contributed by atoms with E-state index in [1.54, 1.807) is 0 Å². The van der Waals surface area contributed by atoms with Crippen molar-refractivity contribution in [1.29, 1.82) is 0 Å². The molecule has 1 atom stereocenters. The normalized spacial score (nSPS) is 22.7. The molecule has 2 rings (SSSR count). The van der Waals surface area contributed by atoms with Crippen molar-refractivity contribution in [2.45, 2.75) is 18.4 Å². The van der Waals surface area contributed by atoms with Crippen LogP contribution < -0.4 is 0 Å². The summed E-state index contributed by atoms with van der Waals surface area (Å²) in [5.41, 5.74) is 2.89. The van der Waals surface area contributed by atoms with Crippen molar-refractivity contribution in [2.24, 2.45) is 0 Å². The molecule has 0 aromatic heterocycles. The average Bonchev–Trinajstić information content (AvgIpc) is 2.44. The van der Waals surface area contributed by atoms with Crippen LogP contribution in [0.25, 0.3) is 0 Å². The van der Waals surface area contributed by atoms with Gasteiger partial charge >= 0.3 is 0 Å². The molecule has 0 saturated heterocycles. The molecular formula is C10H12BrN. The predicted octanol–water partition coefficient (Wildman–Crippen LogP) is 2.92. The Balaban J connectivity index is 2.35. The zero-order chi connectivity index (χ0) is 8.55. The minimum atomic E-state index is 0.429. The lowest BCUT2D eigenvalue weighted by atomic mass is 10.1. The van der Waals surface area contributed by atoms with E-state index in [-0.39, 0.29) is 0 Å². The Kier molecular flexibility index (Phi) is 2.20. The van der Waals surface area contributed by atoms with E-state index in [9.17, 15) is 0 Å². The summed E-state index contributed by atoms with van der Waals surface area (Å²) < 4.78 is 0. The highest BCUT2D eigenvalue weighted by Gasteiger charge is 2.25. The molecular weight excluding hydrogens is 214 g/mol. The van der Waals surface area contributed by atoms with E-state index in [2.05, 4.69) is 52.0 Å². The highest BCUT2D eigenvalue weighted by molar-refractivity contribution is 9.09. The van der Waals surface area contributed by atoms with E-state index in [1.807, 2.05) is 0 Å². The SMILES string of the molecule is CCN1Cc2ccccc2C1Br. The van der Waals surface area contributed by atoms with Gasteiger partial charge in [-0.15, -0.1) is 0 Å². The molecule has 1 aliphatic rings. The highest BCUT2D eigenvalue weighted by Crippen LogP contribution is 2.37. The molecule has 0 radical (unpaired) electrons. The van der Waals surface area contributed by atoms with Crippen molar-refractivity contribution >= 4 is 15.9 Å². The van der Waals surface area contributed by atoms with Crippen LogP contribution in [-0.2, 0) is 6.54 Å². The van der Waals surface area contributed by atoms with Gasteiger partial charge in [0.05, 0.1) is 4.95 Å². The second-order valence-electron chi connectivity index (χ2n) is 3.10. The van der Waals surface area contributed by atoms with Crippen molar-refractivity contribution in [2.75, 3.05) is 6.54 Å². The molecule has 0 spiro atoms. The standard InChI is InChI=1S/C10H12BrN/c1-2-12-7-8-5-3-4-6-9(8)10(12)11/h3-6,10H,2,7H2,1H3. The number of rotatable bonds is 1. The molecule has 2 heteroatoms. The minimum Gasteiger partial charge on any atom is -0.283 e. The van der Waals surface area contributed by atoms with Crippen molar-refractivity contribution in [3.63, 3.8) is 0 Å². The van der Waals surface area contributed by atoms with Crippen LogP contribution in [-0.4, -0.2) is 11.4 Å². The Hall–Kier alpha value is -0.340. The topological polar surface area (TPSA) is 3.24 Å². The molecule has 1 aromatic carbocycles. The van der Waals surface area contributed by atoms with E-state index in [0.29, 0.717) is 4.95 Å². The zero-order valence-corrected chi connectivity index (χ0v) is 8.71. The summed E-state index contributed by atoms with van der Waals surface area (Å²) in [6.45, 7) is 4.38. The van der Waals surface area contributed by atoms with Crippen molar-refractivity contribution in [3.05, 3.63) is 35.4 Å². The first-order chi connectivity index (χ1) is 5.83. The van der Waals surface area contributed by atoms with Gasteiger partial charge in [-0.3, -0.25) is 4.90 Å². The maximum atomic E-state index is 3.69. The fourth-order valence-corrected chi connectivity index (χ4v) is 2.56. The molecule has 1 heterocycles. The maximum Gasteiger partial charge on any atom is 0.0917 e. The van der Waals surface area contributed by atoms with Gasteiger partial charge in [0.15, 0.2) is 0 Å². The van der Waals surface area contributed by atoms with Crippen LogP contribution >= 0.6 is 15.9 Å². The Morgan fingerprint density at radius 3 is 2.92 bits per heavy atom. The molecule has 0 fully saturated rings. The van der Waals surface area contributed by atoms with Crippen LogP contribution in [0.3, 0.4) is 0 Å². The van der Waals surface area contributed by atoms with Crippen molar-refractivity contribution in [3.8, 4) is 0 Å². The van der Waals surface area contributed by atoms with E-state index < -0.39 is 0 Å². The molecule has 0 saturated carbocycles. The van der Waals surface area contributed by atoms with E-state index in [4.69, 9.17) is 0 Å². The third-order valence-electron chi connectivity index (χ3n) is 2.41. The highest BCUT2D eigenvalue weighted by atomic mass is 79.9. The number of fused-ring (bicyclic) bond motifs is 1. The second kappa shape index (κ2) is 3.19. The molecule has 12 heavy (non-hydrogen) atoms. The number of hydrogen-bond acceptors (Lipinski definition) is 1. The molecule has 0 aliphatic carbocycles. The van der Waals surface area contributed by atoms with Gasteiger partial charge in [0, 0.05) is 6.54 Å². The summed E-state index contributed by atoms with van der Waals surface area (Å²) in [7, 11) is 0. The summed E-state index contributed by atoms with van der Waals surface area (Å²) >= 11 is 3.69. The Morgan fingerprint density at radius 2 is 2.25 bits per heavy atom. The maximum absolute atomic E-state index is 3.69. The molecule has 1 aliphatic heterocycles. The van der Waals surface area contributed by atoms with Gasteiger partial charge in [-0.25, -0.2) is 0 Å². The Morgan fingerprint density at radius 1 is 1.50 bits per heavy atom. The Bertz CT molecular complexity index is 285. The number of halogens is 1. The summed E-state index contributed by atoms with van der Waals surface area (Å²) in [5, 5.41) is 0. The quantitative estimate of drug-likeness (QED) is 0.525. The molecule has 1 unspecified atom stereocenters. The predicted molar refractivity (Wildman–Crippen MR) is 54.2 cm³/mol. The van der Waals surface area contributed by atoms with Gasteiger partial charge < -0.3 is 0 Å². The summed E-state index contributed by atoms with van der Waals surface area (Å²) in [4.78, 5) is 2.84. The smallest absolute Gasteiger partial charge is 0.0917 e. The molecule has 0 amide bonds.